The molecule has 1 aliphatic carbocycles. The average Bonchev–Trinajstić information content (AvgIpc) is 3.20. The van der Waals surface area contributed by atoms with Crippen LogP contribution in [0.1, 0.15) is 54.2 Å². The van der Waals surface area contributed by atoms with Gasteiger partial charge >= 0.3 is 0 Å². The van der Waals surface area contributed by atoms with E-state index in [1.165, 1.54) is 43.2 Å². The van der Waals surface area contributed by atoms with Gasteiger partial charge in [-0.25, -0.2) is 0 Å². The molecule has 1 N–H and O–H groups in total. The lowest BCUT2D eigenvalue weighted by Gasteiger charge is -2.34. The molecule has 0 unspecified atom stereocenters. The lowest BCUT2D eigenvalue weighted by atomic mass is 9.90. The fourth-order valence-electron chi connectivity index (χ4n) is 4.30. The van der Waals surface area contributed by atoms with Crippen molar-refractivity contribution in [3.63, 3.8) is 0 Å². The molecule has 1 aromatic carbocycles. The summed E-state index contributed by atoms with van der Waals surface area (Å²) >= 11 is 1.55. The summed E-state index contributed by atoms with van der Waals surface area (Å²) in [5.41, 5.74) is 2.74. The zero-order valence-corrected chi connectivity index (χ0v) is 18.1. The smallest absolute Gasteiger partial charge is 0.240 e. The molecule has 0 bridgehead atoms. The van der Waals surface area contributed by atoms with Crippen molar-refractivity contribution in [3.8, 4) is 0 Å². The van der Waals surface area contributed by atoms with Crippen molar-refractivity contribution in [2.75, 3.05) is 38.0 Å². The standard InChI is InChI=1S/C22H31N5OS/c1-17-7-5-6-10-19(17)15-26-11-13-27(14-12-26)16-20(28)23-22-25-24-21(29-22)18-8-3-2-4-9-18/h5-7,10,18H,2-4,8-9,11-16H2,1H3,(H,23,25,28). The second-order valence-electron chi connectivity index (χ2n) is 8.31. The molecule has 156 valence electrons. The van der Waals surface area contributed by atoms with E-state index in [0.29, 0.717) is 17.6 Å². The van der Waals surface area contributed by atoms with E-state index in [1.54, 1.807) is 11.3 Å². The minimum absolute atomic E-state index is 0.0173. The first kappa shape index (κ1) is 20.4. The van der Waals surface area contributed by atoms with Crippen LogP contribution in [0.5, 0.6) is 0 Å². The number of carbonyl (C=O) groups is 1. The van der Waals surface area contributed by atoms with Gasteiger partial charge in [0.05, 0.1) is 6.54 Å². The number of aromatic nitrogens is 2. The molecule has 29 heavy (non-hydrogen) atoms. The number of hydrogen-bond acceptors (Lipinski definition) is 6. The Morgan fingerprint density at radius 3 is 2.55 bits per heavy atom. The van der Waals surface area contributed by atoms with Crippen LogP contribution in [0.25, 0.3) is 0 Å². The molecule has 1 saturated heterocycles. The first-order valence-corrected chi connectivity index (χ1v) is 11.6. The van der Waals surface area contributed by atoms with Crippen molar-refractivity contribution in [1.29, 1.82) is 0 Å². The van der Waals surface area contributed by atoms with Gasteiger partial charge in [0.25, 0.3) is 0 Å². The molecule has 1 saturated carbocycles. The first-order valence-electron chi connectivity index (χ1n) is 10.8. The van der Waals surface area contributed by atoms with E-state index in [9.17, 15) is 4.79 Å². The van der Waals surface area contributed by atoms with Gasteiger partial charge in [0.2, 0.25) is 11.0 Å². The maximum Gasteiger partial charge on any atom is 0.240 e. The predicted octanol–water partition coefficient (Wildman–Crippen LogP) is 3.65. The molecule has 2 heterocycles. The van der Waals surface area contributed by atoms with Crippen LogP contribution in [0.15, 0.2) is 24.3 Å². The zero-order chi connectivity index (χ0) is 20.1. The molecule has 7 heteroatoms. The first-order chi connectivity index (χ1) is 14.2. The Morgan fingerprint density at radius 2 is 1.79 bits per heavy atom. The number of nitrogens with one attached hydrogen (secondary N) is 1. The SMILES string of the molecule is Cc1ccccc1CN1CCN(CC(=O)Nc2nnc(C3CCCCC3)s2)CC1. The Kier molecular flexibility index (Phi) is 6.90. The quantitative estimate of drug-likeness (QED) is 0.783. The highest BCUT2D eigenvalue weighted by atomic mass is 32.1. The van der Waals surface area contributed by atoms with Crippen molar-refractivity contribution in [1.82, 2.24) is 20.0 Å². The lowest BCUT2D eigenvalue weighted by Crippen LogP contribution is -2.48. The second-order valence-corrected chi connectivity index (χ2v) is 9.32. The molecule has 0 spiro atoms. The molecule has 2 aliphatic rings. The van der Waals surface area contributed by atoms with Gasteiger partial charge in [-0.05, 0) is 30.9 Å². The van der Waals surface area contributed by atoms with Crippen molar-refractivity contribution in [3.05, 3.63) is 40.4 Å². The molecule has 0 atom stereocenters. The third kappa shape index (κ3) is 5.62. The molecular formula is C22H31N5OS. The van der Waals surface area contributed by atoms with Gasteiger partial charge in [0, 0.05) is 38.6 Å². The summed E-state index contributed by atoms with van der Waals surface area (Å²) in [6.07, 6.45) is 6.30. The summed E-state index contributed by atoms with van der Waals surface area (Å²) in [4.78, 5) is 17.2. The van der Waals surface area contributed by atoms with Gasteiger partial charge in [0.15, 0.2) is 0 Å². The van der Waals surface area contributed by atoms with Crippen LogP contribution in [0.2, 0.25) is 0 Å². The third-order valence-electron chi connectivity index (χ3n) is 6.13. The highest BCUT2D eigenvalue weighted by Gasteiger charge is 2.22. The fourth-order valence-corrected chi connectivity index (χ4v) is 5.22. The Balaban J connectivity index is 1.21. The van der Waals surface area contributed by atoms with E-state index >= 15 is 0 Å². The minimum Gasteiger partial charge on any atom is -0.299 e. The van der Waals surface area contributed by atoms with Crippen LogP contribution in [0.3, 0.4) is 0 Å². The van der Waals surface area contributed by atoms with Crippen LogP contribution < -0.4 is 5.32 Å². The lowest BCUT2D eigenvalue weighted by molar-refractivity contribution is -0.117. The van der Waals surface area contributed by atoms with Gasteiger partial charge in [0.1, 0.15) is 5.01 Å². The molecule has 2 fully saturated rings. The number of anilines is 1. The Bertz CT molecular complexity index is 809. The Labute approximate surface area is 177 Å². The zero-order valence-electron chi connectivity index (χ0n) is 17.3. The van der Waals surface area contributed by atoms with E-state index in [2.05, 4.69) is 56.5 Å². The molecule has 4 rings (SSSR count). The number of piperazine rings is 1. The van der Waals surface area contributed by atoms with Gasteiger partial charge in [-0.2, -0.15) is 0 Å². The summed E-state index contributed by atoms with van der Waals surface area (Å²) in [6, 6.07) is 8.57. The number of hydrogen-bond donors (Lipinski definition) is 1. The van der Waals surface area contributed by atoms with Crippen molar-refractivity contribution in [2.45, 2.75) is 51.5 Å². The molecule has 1 amide bonds. The van der Waals surface area contributed by atoms with E-state index in [-0.39, 0.29) is 5.91 Å². The molecule has 6 nitrogen and oxygen atoms in total. The van der Waals surface area contributed by atoms with Crippen LogP contribution >= 0.6 is 11.3 Å². The topological polar surface area (TPSA) is 61.4 Å². The van der Waals surface area contributed by atoms with E-state index in [1.807, 2.05) is 0 Å². The number of benzene rings is 1. The van der Waals surface area contributed by atoms with E-state index in [0.717, 1.165) is 37.7 Å². The summed E-state index contributed by atoms with van der Waals surface area (Å²) in [5.74, 6) is 0.553. The van der Waals surface area contributed by atoms with Gasteiger partial charge in [-0.3, -0.25) is 19.9 Å². The van der Waals surface area contributed by atoms with Gasteiger partial charge < -0.3 is 0 Å². The molecule has 1 aromatic heterocycles. The van der Waals surface area contributed by atoms with E-state index < -0.39 is 0 Å². The highest BCUT2D eigenvalue weighted by molar-refractivity contribution is 7.15. The maximum absolute atomic E-state index is 12.5. The average molecular weight is 414 g/mol. The molecule has 0 radical (unpaired) electrons. The summed E-state index contributed by atoms with van der Waals surface area (Å²) < 4.78 is 0. The van der Waals surface area contributed by atoms with Crippen LogP contribution in [-0.4, -0.2) is 58.6 Å². The van der Waals surface area contributed by atoms with Gasteiger partial charge in [-0.15, -0.1) is 10.2 Å². The van der Waals surface area contributed by atoms with Gasteiger partial charge in [-0.1, -0.05) is 54.9 Å². The third-order valence-corrected chi connectivity index (χ3v) is 7.13. The second kappa shape index (κ2) is 9.78. The molecule has 2 aromatic rings. The van der Waals surface area contributed by atoms with Crippen LogP contribution in [0, 0.1) is 6.92 Å². The summed E-state index contributed by atoms with van der Waals surface area (Å²) in [5, 5.41) is 13.2. The highest BCUT2D eigenvalue weighted by Crippen LogP contribution is 2.35. The number of rotatable bonds is 6. The van der Waals surface area contributed by atoms with Crippen molar-refractivity contribution >= 4 is 22.4 Å². The Morgan fingerprint density at radius 1 is 1.07 bits per heavy atom. The number of nitrogens with zero attached hydrogens (tertiary/aromatic N) is 4. The fraction of sp³-hybridized carbons (Fsp3) is 0.591. The van der Waals surface area contributed by atoms with E-state index in [4.69, 9.17) is 0 Å². The number of aryl methyl sites for hydroxylation is 1. The minimum atomic E-state index is 0.0173. The van der Waals surface area contributed by atoms with Crippen LogP contribution in [0.4, 0.5) is 5.13 Å². The molecule has 1 aliphatic heterocycles. The predicted molar refractivity (Wildman–Crippen MR) is 117 cm³/mol. The normalized spacial score (nSPS) is 19.3. The van der Waals surface area contributed by atoms with Crippen LogP contribution in [-0.2, 0) is 11.3 Å². The maximum atomic E-state index is 12.5. The summed E-state index contributed by atoms with van der Waals surface area (Å²) in [7, 11) is 0. The number of carbonyl (C=O) groups excluding carboxylic acids is 1. The van der Waals surface area contributed by atoms with Crippen molar-refractivity contribution in [2.24, 2.45) is 0 Å². The largest absolute Gasteiger partial charge is 0.299 e. The number of amides is 1. The monoisotopic (exact) mass is 413 g/mol. The molecular weight excluding hydrogens is 382 g/mol. The summed E-state index contributed by atoms with van der Waals surface area (Å²) in [6.45, 7) is 7.41. The van der Waals surface area contributed by atoms with Crippen molar-refractivity contribution < 1.29 is 4.79 Å². The Hall–Kier alpha value is -1.83.